The predicted molar refractivity (Wildman–Crippen MR) is 124 cm³/mol. The van der Waals surface area contributed by atoms with E-state index in [-0.39, 0.29) is 45.6 Å². The van der Waals surface area contributed by atoms with Gasteiger partial charge in [0.1, 0.15) is 11.5 Å². The largest absolute Gasteiger partial charge is 0.419 e. The summed E-state index contributed by atoms with van der Waals surface area (Å²) < 4.78 is 58.6. The minimum absolute atomic E-state index is 0.0846. The maximum absolute atomic E-state index is 14.8. The molecule has 35 heavy (non-hydrogen) atoms. The van der Waals surface area contributed by atoms with Crippen LogP contribution in [-0.4, -0.2) is 17.5 Å². The summed E-state index contributed by atoms with van der Waals surface area (Å²) in [6, 6.07) is 3.45. The van der Waals surface area contributed by atoms with Crippen molar-refractivity contribution in [3.05, 3.63) is 85.9 Å². The second-order valence-corrected chi connectivity index (χ2v) is 8.78. The van der Waals surface area contributed by atoms with Crippen molar-refractivity contribution in [2.45, 2.75) is 50.4 Å². The zero-order valence-corrected chi connectivity index (χ0v) is 18.9. The Hall–Kier alpha value is -3.69. The Bertz CT molecular complexity index is 1300. The molecule has 0 saturated carbocycles. The second-order valence-electron chi connectivity index (χ2n) is 8.78. The van der Waals surface area contributed by atoms with Crippen LogP contribution in [0.15, 0.2) is 52.8 Å². The molecule has 0 heterocycles. The van der Waals surface area contributed by atoms with Crippen LogP contribution in [0.2, 0.25) is 0 Å². The van der Waals surface area contributed by atoms with Gasteiger partial charge in [-0.1, -0.05) is 43.0 Å². The SMILES string of the molecule is C=C1C=Cc2c(NC3c4cc(F)c(C)c(N=O)c4[C@H](CC)C[C@]3(N=O)C(F)(F)F)cccc2C1=O. The molecule has 182 valence electrons. The van der Waals surface area contributed by atoms with E-state index in [0.717, 1.165) is 6.07 Å². The third-order valence-corrected chi connectivity index (χ3v) is 6.95. The van der Waals surface area contributed by atoms with Crippen molar-refractivity contribution in [3.63, 3.8) is 0 Å². The fraction of sp³-hybridized carbons (Fsp3) is 0.320. The van der Waals surface area contributed by atoms with E-state index in [4.69, 9.17) is 0 Å². The molecule has 2 aromatic rings. The van der Waals surface area contributed by atoms with Gasteiger partial charge >= 0.3 is 6.18 Å². The summed E-state index contributed by atoms with van der Waals surface area (Å²) in [4.78, 5) is 36.2. The van der Waals surface area contributed by atoms with Gasteiger partial charge in [-0.3, -0.25) is 4.79 Å². The summed E-state index contributed by atoms with van der Waals surface area (Å²) in [6.07, 6.45) is -2.76. The number of nitrogens with one attached hydrogen (secondary N) is 1. The van der Waals surface area contributed by atoms with Gasteiger partial charge in [0.05, 0.1) is 6.04 Å². The van der Waals surface area contributed by atoms with Crippen molar-refractivity contribution < 1.29 is 22.4 Å². The van der Waals surface area contributed by atoms with Crippen LogP contribution < -0.4 is 5.32 Å². The summed E-state index contributed by atoms with van der Waals surface area (Å²) in [5, 5.41) is 8.27. The van der Waals surface area contributed by atoms with Crippen LogP contribution in [0.3, 0.4) is 0 Å². The Kier molecular flexibility index (Phi) is 5.94. The Labute approximate surface area is 198 Å². The lowest BCUT2D eigenvalue weighted by Crippen LogP contribution is -2.54. The molecular formula is C25H21F4N3O3. The number of anilines is 1. The van der Waals surface area contributed by atoms with E-state index in [0.29, 0.717) is 5.56 Å². The zero-order valence-electron chi connectivity index (χ0n) is 18.9. The molecular weight excluding hydrogens is 466 g/mol. The van der Waals surface area contributed by atoms with E-state index < -0.39 is 41.7 Å². The van der Waals surface area contributed by atoms with Crippen LogP contribution in [-0.2, 0) is 0 Å². The number of nitrogens with zero attached hydrogens (tertiary/aromatic N) is 2. The molecule has 0 amide bonds. The topological polar surface area (TPSA) is 88.0 Å². The third-order valence-electron chi connectivity index (χ3n) is 6.95. The molecule has 2 aromatic carbocycles. The van der Waals surface area contributed by atoms with E-state index in [1.807, 2.05) is 0 Å². The van der Waals surface area contributed by atoms with Gasteiger partial charge in [0.25, 0.3) is 0 Å². The molecule has 6 nitrogen and oxygen atoms in total. The van der Waals surface area contributed by atoms with Crippen LogP contribution in [0.4, 0.5) is 28.9 Å². The van der Waals surface area contributed by atoms with Gasteiger partial charge in [-0.25, -0.2) is 4.39 Å². The molecule has 0 saturated heterocycles. The van der Waals surface area contributed by atoms with Crippen LogP contribution in [0, 0.1) is 22.6 Å². The monoisotopic (exact) mass is 487 g/mol. The molecule has 0 fully saturated rings. The number of allylic oxidation sites excluding steroid dienone is 2. The van der Waals surface area contributed by atoms with Crippen molar-refractivity contribution in [1.82, 2.24) is 0 Å². The molecule has 1 N–H and O–H groups in total. The van der Waals surface area contributed by atoms with Crippen LogP contribution in [0.1, 0.15) is 64.3 Å². The number of halogens is 4. The van der Waals surface area contributed by atoms with E-state index >= 15 is 0 Å². The van der Waals surface area contributed by atoms with Gasteiger partial charge in [0.15, 0.2) is 5.78 Å². The van der Waals surface area contributed by atoms with Crippen LogP contribution in [0.5, 0.6) is 0 Å². The molecule has 0 spiro atoms. The first-order chi connectivity index (χ1) is 16.5. The average molecular weight is 487 g/mol. The van der Waals surface area contributed by atoms with E-state index in [9.17, 15) is 32.2 Å². The normalized spacial score (nSPS) is 23.5. The van der Waals surface area contributed by atoms with E-state index in [1.165, 1.54) is 37.3 Å². The Morgan fingerprint density at radius 1 is 1.23 bits per heavy atom. The number of fused-ring (bicyclic) bond motifs is 2. The van der Waals surface area contributed by atoms with Crippen molar-refractivity contribution in [1.29, 1.82) is 0 Å². The van der Waals surface area contributed by atoms with Crippen LogP contribution >= 0.6 is 0 Å². The van der Waals surface area contributed by atoms with Gasteiger partial charge in [-0.05, 0) is 54.1 Å². The maximum Gasteiger partial charge on any atom is 0.419 e. The number of ketones is 1. The first-order valence-corrected chi connectivity index (χ1v) is 10.9. The molecule has 0 aromatic heterocycles. The maximum atomic E-state index is 14.8. The van der Waals surface area contributed by atoms with Crippen molar-refractivity contribution in [2.24, 2.45) is 10.4 Å². The van der Waals surface area contributed by atoms with Gasteiger partial charge in [0, 0.05) is 28.0 Å². The fourth-order valence-electron chi connectivity index (χ4n) is 5.04. The minimum atomic E-state index is -5.11. The molecule has 2 aliphatic rings. The summed E-state index contributed by atoms with van der Waals surface area (Å²) in [6.45, 7) is 6.58. The van der Waals surface area contributed by atoms with Gasteiger partial charge in [-0.15, -0.1) is 9.81 Å². The molecule has 0 aliphatic heterocycles. The van der Waals surface area contributed by atoms with Crippen LogP contribution in [0.25, 0.3) is 6.08 Å². The summed E-state index contributed by atoms with van der Waals surface area (Å²) in [7, 11) is 0. The first kappa shape index (κ1) is 24.4. The highest BCUT2D eigenvalue weighted by Gasteiger charge is 2.65. The number of carbonyl (C=O) groups is 1. The zero-order chi connectivity index (χ0) is 25.7. The summed E-state index contributed by atoms with van der Waals surface area (Å²) in [5.41, 5.74) is -2.75. The van der Waals surface area contributed by atoms with Crippen molar-refractivity contribution in [3.8, 4) is 0 Å². The number of nitroso groups, excluding NO2 is 2. The van der Waals surface area contributed by atoms with E-state index in [1.54, 1.807) is 6.92 Å². The molecule has 1 unspecified atom stereocenters. The average Bonchev–Trinajstić information content (AvgIpc) is 2.82. The van der Waals surface area contributed by atoms with Crippen molar-refractivity contribution >= 4 is 23.2 Å². The van der Waals surface area contributed by atoms with Gasteiger partial charge < -0.3 is 5.32 Å². The Morgan fingerprint density at radius 2 is 1.94 bits per heavy atom. The highest BCUT2D eigenvalue weighted by Crippen LogP contribution is 2.57. The lowest BCUT2D eigenvalue weighted by atomic mass is 9.67. The molecule has 3 atom stereocenters. The quantitative estimate of drug-likeness (QED) is 0.270. The number of hydrogen-bond acceptors (Lipinski definition) is 6. The predicted octanol–water partition coefficient (Wildman–Crippen LogP) is 7.42. The van der Waals surface area contributed by atoms with E-state index in [2.05, 4.69) is 22.2 Å². The third kappa shape index (κ3) is 3.59. The lowest BCUT2D eigenvalue weighted by Gasteiger charge is -2.45. The smallest absolute Gasteiger partial charge is 0.375 e. The fourth-order valence-corrected chi connectivity index (χ4v) is 5.04. The second kappa shape index (κ2) is 8.51. The number of rotatable bonds is 5. The highest BCUT2D eigenvalue weighted by atomic mass is 19.4. The highest BCUT2D eigenvalue weighted by molar-refractivity contribution is 6.15. The first-order valence-electron chi connectivity index (χ1n) is 10.9. The van der Waals surface area contributed by atoms with Gasteiger partial charge in [-0.2, -0.15) is 13.2 Å². The number of Topliss-reactive ketones (excluding diaryl/α,β-unsaturated/α-hetero) is 1. The summed E-state index contributed by atoms with van der Waals surface area (Å²) in [5.74, 6) is -2.24. The molecule has 10 heteroatoms. The number of hydrogen-bond donors (Lipinski definition) is 1. The minimum Gasteiger partial charge on any atom is -0.375 e. The number of alkyl halides is 3. The van der Waals surface area contributed by atoms with Crippen molar-refractivity contribution in [2.75, 3.05) is 5.32 Å². The number of benzene rings is 2. The molecule has 0 bridgehead atoms. The molecule has 0 radical (unpaired) electrons. The Morgan fingerprint density at radius 3 is 2.54 bits per heavy atom. The Balaban J connectivity index is 2.01. The summed E-state index contributed by atoms with van der Waals surface area (Å²) >= 11 is 0. The molecule has 4 rings (SSSR count). The number of carbonyl (C=O) groups excluding carboxylic acids is 1. The lowest BCUT2D eigenvalue weighted by molar-refractivity contribution is -0.195. The van der Waals surface area contributed by atoms with Gasteiger partial charge in [0.2, 0.25) is 5.54 Å². The molecule has 2 aliphatic carbocycles. The standard InChI is InChI=1S/C25H21F4N3O3/c1-4-14-11-24(32-35,25(27,28)29)23(17-10-18(26)13(3)21(31-34)20(14)17)30-19-7-5-6-16-15(19)9-8-12(2)22(16)33/h5-10,14,23,30H,2,4,11H2,1,3H3/t14-,23?,24-/m1/s1.